The molecule has 0 fully saturated rings. The molecule has 3 heterocycles. The predicted octanol–water partition coefficient (Wildman–Crippen LogP) is 5.40. The van der Waals surface area contributed by atoms with E-state index in [0.717, 1.165) is 32.9 Å². The van der Waals surface area contributed by atoms with Crippen molar-refractivity contribution >= 4 is 38.7 Å². The van der Waals surface area contributed by atoms with Gasteiger partial charge in [-0.25, -0.2) is 4.98 Å². The number of rotatable bonds is 1. The normalized spacial score (nSPS) is 16.5. The summed E-state index contributed by atoms with van der Waals surface area (Å²) in [6, 6.07) is 14.7. The first-order valence-corrected chi connectivity index (χ1v) is 8.89. The molecule has 0 N–H and O–H groups in total. The number of hydrogen-bond acceptors (Lipinski definition) is 4. The molecule has 1 aliphatic rings. The number of pyridine rings is 1. The second kappa shape index (κ2) is 5.01. The number of fused-ring (bicyclic) bond motifs is 4. The SMILES string of the molecule is Cc1ccc2c(oc3nc4ccccc4cc32)c1N1C=CN(C)C1(C)C. The lowest BCUT2D eigenvalue weighted by Crippen LogP contribution is -2.46. The molecule has 5 rings (SSSR count). The Hall–Kier alpha value is -3.01. The zero-order valence-corrected chi connectivity index (χ0v) is 15.4. The summed E-state index contributed by atoms with van der Waals surface area (Å²) in [5.41, 5.74) is 4.69. The van der Waals surface area contributed by atoms with E-state index in [-0.39, 0.29) is 5.66 Å². The van der Waals surface area contributed by atoms with Gasteiger partial charge in [-0.15, -0.1) is 0 Å². The molecule has 2 aromatic carbocycles. The number of aryl methyl sites for hydroxylation is 1. The van der Waals surface area contributed by atoms with Crippen LogP contribution in [0, 0.1) is 6.92 Å². The third-order valence-electron chi connectivity index (χ3n) is 5.64. The first-order chi connectivity index (χ1) is 12.5. The van der Waals surface area contributed by atoms with E-state index in [4.69, 9.17) is 9.40 Å². The summed E-state index contributed by atoms with van der Waals surface area (Å²) in [6.45, 7) is 6.55. The molecule has 4 heteroatoms. The Bertz CT molecular complexity index is 1200. The number of anilines is 1. The van der Waals surface area contributed by atoms with Crippen molar-refractivity contribution in [1.29, 1.82) is 0 Å². The van der Waals surface area contributed by atoms with Crippen LogP contribution in [-0.4, -0.2) is 22.6 Å². The van der Waals surface area contributed by atoms with Crippen molar-refractivity contribution in [3.8, 4) is 0 Å². The minimum absolute atomic E-state index is 0.157. The Morgan fingerprint density at radius 1 is 1.00 bits per heavy atom. The van der Waals surface area contributed by atoms with Crippen LogP contribution in [-0.2, 0) is 0 Å². The van der Waals surface area contributed by atoms with Crippen molar-refractivity contribution in [1.82, 2.24) is 9.88 Å². The Morgan fingerprint density at radius 3 is 2.58 bits per heavy atom. The molecule has 2 aromatic heterocycles. The Balaban J connectivity index is 1.85. The Morgan fingerprint density at radius 2 is 1.81 bits per heavy atom. The standard InChI is InChI=1S/C22H21N3O/c1-14-9-10-16-17-13-15-7-5-6-8-18(15)23-21(17)26-20(16)19(14)25-12-11-24(4)22(25,2)3/h5-13H,1-4H3. The molecule has 0 unspecified atom stereocenters. The van der Waals surface area contributed by atoms with E-state index in [2.05, 4.69) is 74.3 Å². The van der Waals surface area contributed by atoms with Gasteiger partial charge in [0.2, 0.25) is 5.71 Å². The van der Waals surface area contributed by atoms with Crippen LogP contribution in [0.15, 0.2) is 59.3 Å². The lowest BCUT2D eigenvalue weighted by molar-refractivity contribution is 0.253. The Kier molecular flexibility index (Phi) is 2.94. The van der Waals surface area contributed by atoms with Gasteiger partial charge in [-0.2, -0.15) is 0 Å². The highest BCUT2D eigenvalue weighted by molar-refractivity contribution is 6.11. The fraction of sp³-hybridized carbons (Fsp3) is 0.227. The number of hydrogen-bond donors (Lipinski definition) is 0. The number of aromatic nitrogens is 1. The summed E-state index contributed by atoms with van der Waals surface area (Å²) in [5, 5.41) is 3.30. The van der Waals surface area contributed by atoms with E-state index >= 15 is 0 Å². The van der Waals surface area contributed by atoms with Gasteiger partial charge >= 0.3 is 0 Å². The first kappa shape index (κ1) is 15.3. The molecular formula is C22H21N3O. The first-order valence-electron chi connectivity index (χ1n) is 8.89. The molecule has 0 atom stereocenters. The van der Waals surface area contributed by atoms with Crippen molar-refractivity contribution in [2.45, 2.75) is 26.4 Å². The maximum absolute atomic E-state index is 6.31. The smallest absolute Gasteiger partial charge is 0.228 e. The molecule has 0 saturated carbocycles. The molecule has 4 nitrogen and oxygen atoms in total. The van der Waals surface area contributed by atoms with E-state index in [0.29, 0.717) is 5.71 Å². The van der Waals surface area contributed by atoms with Gasteiger partial charge < -0.3 is 14.2 Å². The van der Waals surface area contributed by atoms with Crippen LogP contribution in [0.4, 0.5) is 5.69 Å². The predicted molar refractivity (Wildman–Crippen MR) is 107 cm³/mol. The van der Waals surface area contributed by atoms with Crippen LogP contribution in [0.5, 0.6) is 0 Å². The van der Waals surface area contributed by atoms with Crippen LogP contribution in [0.1, 0.15) is 19.4 Å². The largest absolute Gasteiger partial charge is 0.435 e. The van der Waals surface area contributed by atoms with Crippen molar-refractivity contribution in [2.75, 3.05) is 11.9 Å². The fourth-order valence-corrected chi connectivity index (χ4v) is 3.80. The van der Waals surface area contributed by atoms with Gasteiger partial charge in [-0.05, 0) is 38.5 Å². The van der Waals surface area contributed by atoms with Gasteiger partial charge in [-0.3, -0.25) is 0 Å². The number of nitrogens with zero attached hydrogens (tertiary/aromatic N) is 3. The summed E-state index contributed by atoms with van der Waals surface area (Å²) in [7, 11) is 2.10. The second-order valence-electron chi connectivity index (χ2n) is 7.52. The van der Waals surface area contributed by atoms with E-state index in [9.17, 15) is 0 Å². The molecule has 0 saturated heterocycles. The molecule has 0 radical (unpaired) electrons. The number of para-hydroxylation sites is 1. The summed E-state index contributed by atoms with van der Waals surface area (Å²) >= 11 is 0. The molecule has 0 aliphatic carbocycles. The van der Waals surface area contributed by atoms with Crippen LogP contribution in [0.25, 0.3) is 33.0 Å². The van der Waals surface area contributed by atoms with Crippen LogP contribution in [0.3, 0.4) is 0 Å². The molecule has 0 spiro atoms. The van der Waals surface area contributed by atoms with Crippen molar-refractivity contribution in [3.63, 3.8) is 0 Å². The topological polar surface area (TPSA) is 32.5 Å². The molecular weight excluding hydrogens is 322 g/mol. The summed E-state index contributed by atoms with van der Waals surface area (Å²) < 4.78 is 6.31. The van der Waals surface area contributed by atoms with Crippen molar-refractivity contribution in [3.05, 3.63) is 60.4 Å². The summed E-state index contributed by atoms with van der Waals surface area (Å²) in [5.74, 6) is 0. The molecule has 4 aromatic rings. The van der Waals surface area contributed by atoms with Gasteiger partial charge in [0.05, 0.1) is 11.2 Å². The minimum atomic E-state index is -0.157. The zero-order valence-electron chi connectivity index (χ0n) is 15.4. The van der Waals surface area contributed by atoms with E-state index in [1.807, 2.05) is 18.2 Å². The third-order valence-corrected chi connectivity index (χ3v) is 5.64. The Labute approximate surface area is 152 Å². The van der Waals surface area contributed by atoms with Crippen LogP contribution in [0.2, 0.25) is 0 Å². The van der Waals surface area contributed by atoms with Gasteiger partial charge in [0, 0.05) is 35.6 Å². The maximum atomic E-state index is 6.31. The lowest BCUT2D eigenvalue weighted by atomic mass is 10.1. The van der Waals surface area contributed by atoms with Gasteiger partial charge in [0.25, 0.3) is 0 Å². The third kappa shape index (κ3) is 1.93. The van der Waals surface area contributed by atoms with E-state index in [1.54, 1.807) is 0 Å². The highest BCUT2D eigenvalue weighted by atomic mass is 16.3. The highest BCUT2D eigenvalue weighted by Gasteiger charge is 2.35. The zero-order chi connectivity index (χ0) is 18.1. The monoisotopic (exact) mass is 343 g/mol. The van der Waals surface area contributed by atoms with Crippen molar-refractivity contribution in [2.24, 2.45) is 0 Å². The summed E-state index contributed by atoms with van der Waals surface area (Å²) in [4.78, 5) is 9.24. The molecule has 1 aliphatic heterocycles. The molecule has 26 heavy (non-hydrogen) atoms. The quantitative estimate of drug-likeness (QED) is 0.463. The van der Waals surface area contributed by atoms with Gasteiger partial charge in [0.1, 0.15) is 5.66 Å². The van der Waals surface area contributed by atoms with Gasteiger partial charge in [0.15, 0.2) is 5.58 Å². The maximum Gasteiger partial charge on any atom is 0.228 e. The fourth-order valence-electron chi connectivity index (χ4n) is 3.80. The van der Waals surface area contributed by atoms with Gasteiger partial charge in [-0.1, -0.05) is 30.3 Å². The number of benzene rings is 2. The molecule has 130 valence electrons. The van der Waals surface area contributed by atoms with Crippen LogP contribution >= 0.6 is 0 Å². The molecule has 0 amide bonds. The molecule has 0 bridgehead atoms. The summed E-state index contributed by atoms with van der Waals surface area (Å²) in [6.07, 6.45) is 4.23. The lowest BCUT2D eigenvalue weighted by Gasteiger charge is -2.38. The number of furan rings is 1. The average molecular weight is 343 g/mol. The van der Waals surface area contributed by atoms with Crippen LogP contribution < -0.4 is 4.90 Å². The van der Waals surface area contributed by atoms with E-state index in [1.165, 1.54) is 5.56 Å². The van der Waals surface area contributed by atoms with E-state index < -0.39 is 0 Å². The van der Waals surface area contributed by atoms with Crippen molar-refractivity contribution < 1.29 is 4.42 Å². The highest BCUT2D eigenvalue weighted by Crippen LogP contribution is 2.42. The average Bonchev–Trinajstić information content (AvgIpc) is 3.10. The minimum Gasteiger partial charge on any atom is -0.435 e. The second-order valence-corrected chi connectivity index (χ2v) is 7.52.